The summed E-state index contributed by atoms with van der Waals surface area (Å²) in [5.74, 6) is -1.25. The molecule has 1 heterocycles. The average molecular weight is 247 g/mol. The van der Waals surface area contributed by atoms with Gasteiger partial charge in [0.2, 0.25) is 5.88 Å². The van der Waals surface area contributed by atoms with Gasteiger partial charge in [0.25, 0.3) is 0 Å². The SMILES string of the molecule is COc1ncc(C(=O)O)cc1-c1cccc(F)c1. The summed E-state index contributed by atoms with van der Waals surface area (Å²) in [5.41, 5.74) is 0.981. The highest BCUT2D eigenvalue weighted by Gasteiger charge is 2.12. The molecule has 0 spiro atoms. The van der Waals surface area contributed by atoms with E-state index in [4.69, 9.17) is 9.84 Å². The van der Waals surface area contributed by atoms with Crippen molar-refractivity contribution >= 4 is 5.97 Å². The van der Waals surface area contributed by atoms with E-state index in [-0.39, 0.29) is 11.4 Å². The van der Waals surface area contributed by atoms with Gasteiger partial charge in [-0.15, -0.1) is 0 Å². The minimum atomic E-state index is -1.09. The molecule has 92 valence electrons. The van der Waals surface area contributed by atoms with Crippen molar-refractivity contribution in [3.8, 4) is 17.0 Å². The molecule has 2 rings (SSSR count). The van der Waals surface area contributed by atoms with E-state index in [1.54, 1.807) is 6.07 Å². The molecule has 18 heavy (non-hydrogen) atoms. The molecule has 0 saturated carbocycles. The van der Waals surface area contributed by atoms with Crippen LogP contribution in [-0.2, 0) is 0 Å². The van der Waals surface area contributed by atoms with E-state index in [0.29, 0.717) is 11.1 Å². The number of hydrogen-bond donors (Lipinski definition) is 1. The highest BCUT2D eigenvalue weighted by molar-refractivity contribution is 5.89. The lowest BCUT2D eigenvalue weighted by molar-refractivity contribution is 0.0696. The summed E-state index contributed by atoms with van der Waals surface area (Å²) in [6, 6.07) is 7.21. The number of pyridine rings is 1. The first kappa shape index (κ1) is 12.0. The van der Waals surface area contributed by atoms with Gasteiger partial charge in [-0.25, -0.2) is 14.2 Å². The van der Waals surface area contributed by atoms with Gasteiger partial charge in [-0.3, -0.25) is 0 Å². The first-order valence-corrected chi connectivity index (χ1v) is 5.15. The number of ether oxygens (including phenoxy) is 1. The number of aromatic nitrogens is 1. The van der Waals surface area contributed by atoms with Gasteiger partial charge >= 0.3 is 5.97 Å². The number of carboxylic acid groups (broad SMARTS) is 1. The van der Waals surface area contributed by atoms with Gasteiger partial charge in [-0.2, -0.15) is 0 Å². The van der Waals surface area contributed by atoms with Crippen LogP contribution in [0, 0.1) is 5.82 Å². The first-order chi connectivity index (χ1) is 8.61. The monoisotopic (exact) mass is 247 g/mol. The predicted molar refractivity (Wildman–Crippen MR) is 63.1 cm³/mol. The van der Waals surface area contributed by atoms with Crippen molar-refractivity contribution in [2.45, 2.75) is 0 Å². The molecule has 0 amide bonds. The number of hydrogen-bond acceptors (Lipinski definition) is 3. The molecule has 2 aromatic rings. The van der Waals surface area contributed by atoms with Crippen LogP contribution in [0.25, 0.3) is 11.1 Å². The molecule has 1 N–H and O–H groups in total. The Morgan fingerprint density at radius 1 is 1.39 bits per heavy atom. The van der Waals surface area contributed by atoms with E-state index in [1.165, 1.54) is 37.6 Å². The molecule has 1 aromatic heterocycles. The lowest BCUT2D eigenvalue weighted by Crippen LogP contribution is -2.00. The second-order valence-corrected chi connectivity index (χ2v) is 3.60. The number of carboxylic acids is 1. The summed E-state index contributed by atoms with van der Waals surface area (Å²) in [7, 11) is 1.42. The van der Waals surface area contributed by atoms with Gasteiger partial charge in [-0.05, 0) is 23.8 Å². The molecule has 0 atom stereocenters. The molecule has 0 radical (unpaired) electrons. The number of carbonyl (C=O) groups is 1. The maximum Gasteiger partial charge on any atom is 0.337 e. The Morgan fingerprint density at radius 3 is 2.78 bits per heavy atom. The van der Waals surface area contributed by atoms with Gasteiger partial charge in [0.05, 0.1) is 12.7 Å². The largest absolute Gasteiger partial charge is 0.481 e. The van der Waals surface area contributed by atoms with Gasteiger partial charge in [0.15, 0.2) is 0 Å². The zero-order valence-electron chi connectivity index (χ0n) is 9.55. The van der Waals surface area contributed by atoms with E-state index in [1.807, 2.05) is 0 Å². The minimum Gasteiger partial charge on any atom is -0.481 e. The summed E-state index contributed by atoms with van der Waals surface area (Å²) in [5, 5.41) is 8.92. The van der Waals surface area contributed by atoms with E-state index < -0.39 is 11.8 Å². The highest BCUT2D eigenvalue weighted by atomic mass is 19.1. The van der Waals surface area contributed by atoms with Crippen molar-refractivity contribution < 1.29 is 19.0 Å². The molecule has 4 nitrogen and oxygen atoms in total. The summed E-state index contributed by atoms with van der Waals surface area (Å²) < 4.78 is 18.2. The molecule has 0 unspecified atom stereocenters. The third kappa shape index (κ3) is 2.29. The van der Waals surface area contributed by atoms with Gasteiger partial charge in [-0.1, -0.05) is 12.1 Å². The Morgan fingerprint density at radius 2 is 2.17 bits per heavy atom. The Labute approximate surface area is 103 Å². The van der Waals surface area contributed by atoms with Gasteiger partial charge in [0.1, 0.15) is 5.82 Å². The van der Waals surface area contributed by atoms with Crippen LogP contribution in [0.15, 0.2) is 36.5 Å². The molecule has 0 fully saturated rings. The quantitative estimate of drug-likeness (QED) is 0.905. The summed E-state index contributed by atoms with van der Waals surface area (Å²) in [6.45, 7) is 0. The number of nitrogens with zero attached hydrogens (tertiary/aromatic N) is 1. The Bertz CT molecular complexity index is 599. The molecular weight excluding hydrogens is 237 g/mol. The van der Waals surface area contributed by atoms with Crippen molar-refractivity contribution in [1.29, 1.82) is 0 Å². The number of halogens is 1. The van der Waals surface area contributed by atoms with Crippen molar-refractivity contribution in [2.24, 2.45) is 0 Å². The normalized spacial score (nSPS) is 10.1. The molecule has 0 saturated heterocycles. The van der Waals surface area contributed by atoms with Crippen LogP contribution in [0.3, 0.4) is 0 Å². The molecule has 5 heteroatoms. The standard InChI is InChI=1S/C13H10FNO3/c1-18-12-11(6-9(7-15-12)13(16)17)8-3-2-4-10(14)5-8/h2-7H,1H3,(H,16,17). The fourth-order valence-corrected chi connectivity index (χ4v) is 1.59. The van der Waals surface area contributed by atoms with Crippen LogP contribution in [0.2, 0.25) is 0 Å². The maximum absolute atomic E-state index is 13.2. The van der Waals surface area contributed by atoms with Crippen molar-refractivity contribution in [2.75, 3.05) is 7.11 Å². The number of rotatable bonds is 3. The molecule has 0 bridgehead atoms. The Balaban J connectivity index is 2.60. The minimum absolute atomic E-state index is 0.0232. The van der Waals surface area contributed by atoms with Crippen molar-refractivity contribution in [1.82, 2.24) is 4.98 Å². The maximum atomic E-state index is 13.2. The molecular formula is C13H10FNO3. The van der Waals surface area contributed by atoms with Crippen LogP contribution in [-0.4, -0.2) is 23.2 Å². The third-order valence-electron chi connectivity index (χ3n) is 2.43. The predicted octanol–water partition coefficient (Wildman–Crippen LogP) is 2.59. The second kappa shape index (κ2) is 4.83. The second-order valence-electron chi connectivity index (χ2n) is 3.60. The Kier molecular flexibility index (Phi) is 3.23. The van der Waals surface area contributed by atoms with Crippen LogP contribution in [0.5, 0.6) is 5.88 Å². The first-order valence-electron chi connectivity index (χ1n) is 5.15. The average Bonchev–Trinajstić information content (AvgIpc) is 2.38. The summed E-state index contributed by atoms with van der Waals surface area (Å²) in [6.07, 6.45) is 1.20. The Hall–Kier alpha value is -2.43. The topological polar surface area (TPSA) is 59.4 Å². The van der Waals surface area contributed by atoms with Crippen LogP contribution in [0.1, 0.15) is 10.4 Å². The highest BCUT2D eigenvalue weighted by Crippen LogP contribution is 2.29. The van der Waals surface area contributed by atoms with Crippen LogP contribution < -0.4 is 4.74 Å². The molecule has 0 aliphatic heterocycles. The lowest BCUT2D eigenvalue weighted by Gasteiger charge is -2.08. The zero-order valence-corrected chi connectivity index (χ0v) is 9.55. The summed E-state index contributed by atoms with van der Waals surface area (Å²) in [4.78, 5) is 14.8. The molecule has 1 aromatic carbocycles. The molecule has 0 aliphatic rings. The zero-order chi connectivity index (χ0) is 13.1. The summed E-state index contributed by atoms with van der Waals surface area (Å²) >= 11 is 0. The van der Waals surface area contributed by atoms with E-state index in [0.717, 1.165) is 0 Å². The molecule has 0 aliphatic carbocycles. The van der Waals surface area contributed by atoms with Crippen molar-refractivity contribution in [3.63, 3.8) is 0 Å². The number of aromatic carboxylic acids is 1. The van der Waals surface area contributed by atoms with Crippen LogP contribution >= 0.6 is 0 Å². The smallest absolute Gasteiger partial charge is 0.337 e. The number of benzene rings is 1. The van der Waals surface area contributed by atoms with Crippen LogP contribution in [0.4, 0.5) is 4.39 Å². The van der Waals surface area contributed by atoms with E-state index >= 15 is 0 Å². The number of methoxy groups -OCH3 is 1. The third-order valence-corrected chi connectivity index (χ3v) is 2.43. The fraction of sp³-hybridized carbons (Fsp3) is 0.0769. The van der Waals surface area contributed by atoms with Gasteiger partial charge < -0.3 is 9.84 Å². The fourth-order valence-electron chi connectivity index (χ4n) is 1.59. The van der Waals surface area contributed by atoms with Gasteiger partial charge in [0, 0.05) is 11.8 Å². The van der Waals surface area contributed by atoms with E-state index in [2.05, 4.69) is 4.98 Å². The van der Waals surface area contributed by atoms with Crippen molar-refractivity contribution in [3.05, 3.63) is 47.9 Å². The van der Waals surface area contributed by atoms with E-state index in [9.17, 15) is 9.18 Å². The lowest BCUT2D eigenvalue weighted by atomic mass is 10.1.